The van der Waals surface area contributed by atoms with Crippen LogP contribution in [0, 0.1) is 17.7 Å². The summed E-state index contributed by atoms with van der Waals surface area (Å²) in [5.41, 5.74) is 6.29. The number of ether oxygens (including phenoxy) is 1. The molecule has 0 aliphatic carbocycles. The van der Waals surface area contributed by atoms with Crippen LogP contribution in [0.15, 0.2) is 24.3 Å². The zero-order chi connectivity index (χ0) is 30.9. The Morgan fingerprint density at radius 2 is 1.59 bits per heavy atom. The Morgan fingerprint density at radius 1 is 0.951 bits per heavy atom. The fourth-order valence-corrected chi connectivity index (χ4v) is 4.41. The third-order valence-electron chi connectivity index (χ3n) is 7.59. The van der Waals surface area contributed by atoms with Crippen molar-refractivity contribution in [1.29, 1.82) is 0 Å². The average Bonchev–Trinajstić information content (AvgIpc) is 2.93. The van der Waals surface area contributed by atoms with Gasteiger partial charge < -0.3 is 26.2 Å². The summed E-state index contributed by atoms with van der Waals surface area (Å²) in [7, 11) is 0. The van der Waals surface area contributed by atoms with Gasteiger partial charge in [-0.1, -0.05) is 90.8 Å². The smallest absolute Gasteiger partial charge is 0.325 e. The van der Waals surface area contributed by atoms with E-state index < -0.39 is 53.8 Å². The molecule has 1 rings (SSSR count). The highest BCUT2D eigenvalue weighted by molar-refractivity contribution is 5.90. The van der Waals surface area contributed by atoms with E-state index >= 15 is 0 Å². The molecule has 1 aromatic carbocycles. The maximum atomic E-state index is 14.4. The Morgan fingerprint density at radius 3 is 2.20 bits per heavy atom. The number of aliphatic carboxylic acids is 1. The van der Waals surface area contributed by atoms with Crippen molar-refractivity contribution in [3.8, 4) is 0 Å². The van der Waals surface area contributed by atoms with Gasteiger partial charge >= 0.3 is 11.9 Å². The summed E-state index contributed by atoms with van der Waals surface area (Å²) in [6.45, 7) is 9.16. The number of carboxylic acid groups (broad SMARTS) is 1. The Kier molecular flexibility index (Phi) is 16.8. The largest absolute Gasteiger partial charge is 0.480 e. The van der Waals surface area contributed by atoms with Gasteiger partial charge in [-0.05, 0) is 36.8 Å². The van der Waals surface area contributed by atoms with E-state index in [1.54, 1.807) is 6.07 Å². The molecule has 0 aliphatic rings. The molecule has 0 aliphatic heterocycles. The summed E-state index contributed by atoms with van der Waals surface area (Å²) < 4.78 is 20.2. The van der Waals surface area contributed by atoms with E-state index in [-0.39, 0.29) is 30.2 Å². The predicted molar refractivity (Wildman–Crippen MR) is 156 cm³/mol. The third kappa shape index (κ3) is 13.5. The highest BCUT2D eigenvalue weighted by atomic mass is 19.1. The molecule has 0 unspecified atom stereocenters. The molecule has 41 heavy (non-hydrogen) atoms. The number of nitrogens with one attached hydrogen (secondary N) is 2. The first-order valence-electron chi connectivity index (χ1n) is 14.9. The molecule has 0 aromatic heterocycles. The maximum absolute atomic E-state index is 14.4. The Bertz CT molecular complexity index is 975. The summed E-state index contributed by atoms with van der Waals surface area (Å²) in [6, 6.07) is 2.56. The lowest BCUT2D eigenvalue weighted by Gasteiger charge is -2.27. The molecule has 232 valence electrons. The van der Waals surface area contributed by atoms with Crippen LogP contribution < -0.4 is 16.4 Å². The van der Waals surface area contributed by atoms with Gasteiger partial charge in [-0.25, -0.2) is 4.39 Å². The number of carbonyl (C=O) groups is 4. The second kappa shape index (κ2) is 19.2. The molecule has 0 saturated carbocycles. The van der Waals surface area contributed by atoms with E-state index in [0.29, 0.717) is 6.42 Å². The quantitative estimate of drug-likeness (QED) is 0.131. The topological polar surface area (TPSA) is 148 Å². The molecule has 5 N–H and O–H groups in total. The van der Waals surface area contributed by atoms with Crippen LogP contribution in [0.25, 0.3) is 0 Å². The van der Waals surface area contributed by atoms with Crippen molar-refractivity contribution in [2.75, 3.05) is 0 Å². The van der Waals surface area contributed by atoms with Crippen molar-refractivity contribution in [3.63, 3.8) is 0 Å². The first-order valence-corrected chi connectivity index (χ1v) is 14.9. The second-order valence-electron chi connectivity index (χ2n) is 11.1. The van der Waals surface area contributed by atoms with Gasteiger partial charge in [0.1, 0.15) is 30.0 Å². The van der Waals surface area contributed by atoms with Gasteiger partial charge in [0.2, 0.25) is 11.8 Å². The van der Waals surface area contributed by atoms with Crippen molar-refractivity contribution < 1.29 is 33.4 Å². The highest BCUT2D eigenvalue weighted by Gasteiger charge is 2.31. The SMILES string of the molecule is CCCCCCCC[C@H](C)[C@H](CC(=O)N[C@@H](Cc1ccccc1F)C(=O)N[C@@H](C)C(=O)O)OC(=O)[C@H](N)[C@@H](C)CC. The lowest BCUT2D eigenvalue weighted by atomic mass is 9.93. The van der Waals surface area contributed by atoms with Crippen LogP contribution >= 0.6 is 0 Å². The van der Waals surface area contributed by atoms with E-state index in [0.717, 1.165) is 32.1 Å². The number of carboxylic acids is 1. The number of rotatable bonds is 20. The van der Waals surface area contributed by atoms with E-state index in [1.807, 2.05) is 20.8 Å². The molecular formula is C31H50FN3O6. The van der Waals surface area contributed by atoms with Crippen molar-refractivity contribution in [3.05, 3.63) is 35.6 Å². The summed E-state index contributed by atoms with van der Waals surface area (Å²) in [5, 5.41) is 14.2. The Balaban J connectivity index is 3.05. The molecule has 1 aromatic rings. The molecular weight excluding hydrogens is 529 g/mol. The van der Waals surface area contributed by atoms with Crippen molar-refractivity contribution >= 4 is 23.8 Å². The monoisotopic (exact) mass is 579 g/mol. The first kappa shape index (κ1) is 36.0. The fraction of sp³-hybridized carbons (Fsp3) is 0.677. The molecule has 0 saturated heterocycles. The lowest BCUT2D eigenvalue weighted by Crippen LogP contribution is -2.52. The molecule has 0 spiro atoms. The van der Waals surface area contributed by atoms with Gasteiger partial charge in [-0.15, -0.1) is 0 Å². The van der Waals surface area contributed by atoms with Gasteiger partial charge in [0.15, 0.2) is 0 Å². The highest BCUT2D eigenvalue weighted by Crippen LogP contribution is 2.22. The minimum absolute atomic E-state index is 0.101. The van der Waals surface area contributed by atoms with E-state index in [4.69, 9.17) is 10.5 Å². The molecule has 9 nitrogen and oxygen atoms in total. The number of amides is 2. The molecule has 0 fully saturated rings. The van der Waals surface area contributed by atoms with Crippen molar-refractivity contribution in [2.24, 2.45) is 17.6 Å². The van der Waals surface area contributed by atoms with Crippen LogP contribution in [-0.4, -0.2) is 53.1 Å². The van der Waals surface area contributed by atoms with Crippen molar-refractivity contribution in [2.45, 2.75) is 123 Å². The van der Waals surface area contributed by atoms with Crippen LogP contribution in [0.5, 0.6) is 0 Å². The summed E-state index contributed by atoms with van der Waals surface area (Å²) in [4.78, 5) is 50.3. The van der Waals surface area contributed by atoms with E-state index in [9.17, 15) is 28.7 Å². The van der Waals surface area contributed by atoms with Crippen molar-refractivity contribution in [1.82, 2.24) is 10.6 Å². The average molecular weight is 580 g/mol. The maximum Gasteiger partial charge on any atom is 0.325 e. The molecule has 0 bridgehead atoms. The van der Waals surface area contributed by atoms with Gasteiger partial charge in [0.25, 0.3) is 0 Å². The number of benzene rings is 1. The zero-order valence-electron chi connectivity index (χ0n) is 25.3. The summed E-state index contributed by atoms with van der Waals surface area (Å²) in [5.74, 6) is -3.96. The second-order valence-corrected chi connectivity index (χ2v) is 11.1. The summed E-state index contributed by atoms with van der Waals surface area (Å²) in [6.07, 6.45) is 6.85. The van der Waals surface area contributed by atoms with Gasteiger partial charge in [0.05, 0.1) is 6.42 Å². The van der Waals surface area contributed by atoms with Gasteiger partial charge in [-0.3, -0.25) is 19.2 Å². The number of esters is 1. The molecule has 0 heterocycles. The first-order chi connectivity index (χ1) is 19.4. The molecule has 10 heteroatoms. The minimum Gasteiger partial charge on any atom is -0.480 e. The number of carbonyl (C=O) groups excluding carboxylic acids is 3. The number of halogens is 1. The summed E-state index contributed by atoms with van der Waals surface area (Å²) >= 11 is 0. The Hall–Kier alpha value is -3.01. The fourth-order valence-electron chi connectivity index (χ4n) is 4.41. The standard InChI is InChI=1S/C31H50FN3O6/c1-6-8-9-10-11-12-15-21(4)26(41-31(40)28(33)20(3)7-2)19-27(36)35-25(29(37)34-22(5)30(38)39)18-23-16-13-14-17-24(23)32/h13-14,16-17,20-22,25-26,28H,6-12,15,18-19,33H2,1-5H3,(H,34,37)(H,35,36)(H,38,39)/t20-,21-,22-,25-,26-,28+/m0/s1. The predicted octanol–water partition coefficient (Wildman–Crippen LogP) is 4.50. The lowest BCUT2D eigenvalue weighted by molar-refractivity contribution is -0.156. The number of hydrogen-bond donors (Lipinski definition) is 4. The third-order valence-corrected chi connectivity index (χ3v) is 7.59. The number of hydrogen-bond acceptors (Lipinski definition) is 6. The number of nitrogens with two attached hydrogens (primary N) is 1. The van der Waals surface area contributed by atoms with Gasteiger partial charge in [0, 0.05) is 6.42 Å². The van der Waals surface area contributed by atoms with Crippen LogP contribution in [0.1, 0.15) is 98.0 Å². The normalized spacial score (nSPS) is 15.6. The van der Waals surface area contributed by atoms with E-state index in [1.165, 1.54) is 38.0 Å². The van der Waals surface area contributed by atoms with Gasteiger partial charge in [-0.2, -0.15) is 0 Å². The minimum atomic E-state index is -1.25. The van der Waals surface area contributed by atoms with E-state index in [2.05, 4.69) is 17.6 Å². The van der Waals surface area contributed by atoms with Crippen LogP contribution in [0.2, 0.25) is 0 Å². The molecule has 2 amide bonds. The molecule has 0 radical (unpaired) electrons. The zero-order valence-corrected chi connectivity index (χ0v) is 25.3. The van der Waals surface area contributed by atoms with Crippen LogP contribution in [0.4, 0.5) is 4.39 Å². The molecule has 6 atom stereocenters. The van der Waals surface area contributed by atoms with Crippen LogP contribution in [0.3, 0.4) is 0 Å². The van der Waals surface area contributed by atoms with Crippen LogP contribution in [-0.2, 0) is 30.3 Å². The Labute approximate surface area is 244 Å². The number of unbranched alkanes of at least 4 members (excludes halogenated alkanes) is 5.